The van der Waals surface area contributed by atoms with Crippen LogP contribution in [0.1, 0.15) is 36.5 Å². The fraction of sp³-hybridized carbons (Fsp3) is 0.333. The number of esters is 1. The lowest BCUT2D eigenvalue weighted by Gasteiger charge is -2.30. The van der Waals surface area contributed by atoms with Crippen molar-refractivity contribution in [2.45, 2.75) is 26.2 Å². The number of phenolic OH excluding ortho intramolecular Hbond substituents is 1. The molecule has 1 heterocycles. The van der Waals surface area contributed by atoms with E-state index in [1.165, 1.54) is 12.1 Å². The Morgan fingerprint density at radius 2 is 1.88 bits per heavy atom. The van der Waals surface area contributed by atoms with Crippen LogP contribution in [0.25, 0.3) is 0 Å². The Kier molecular flexibility index (Phi) is 7.46. The van der Waals surface area contributed by atoms with E-state index >= 15 is 0 Å². The molecule has 178 valence electrons. The summed E-state index contributed by atoms with van der Waals surface area (Å²) >= 11 is 0. The maximum atomic E-state index is 12.5. The number of hydrogen-bond acceptors (Lipinski definition) is 11. The number of hydrogen-bond donors (Lipinski definition) is 1. The number of phenols is 1. The van der Waals surface area contributed by atoms with Crippen LogP contribution in [0.3, 0.4) is 0 Å². The van der Waals surface area contributed by atoms with Gasteiger partial charge in [-0.05, 0) is 18.6 Å². The Bertz CT molecular complexity index is 1180. The van der Waals surface area contributed by atoms with Crippen LogP contribution in [-0.2, 0) is 9.53 Å². The van der Waals surface area contributed by atoms with Gasteiger partial charge in [0, 0.05) is 37.2 Å². The number of nitro groups is 2. The lowest BCUT2D eigenvalue weighted by atomic mass is 9.99. The zero-order chi connectivity index (χ0) is 24.8. The SMILES string of the molecule is CCCOC(=O)CCN1CCC(=O)c2cc(N=Nc3ccc([N+](=O)[O-])cc3[N+](=O)[O-])c(O)cc21. The van der Waals surface area contributed by atoms with Gasteiger partial charge in [0.05, 0.1) is 34.6 Å². The zero-order valence-electron chi connectivity index (χ0n) is 18.2. The molecule has 1 aliphatic rings. The van der Waals surface area contributed by atoms with Gasteiger partial charge in [-0.3, -0.25) is 29.8 Å². The minimum absolute atomic E-state index is 0.107. The monoisotopic (exact) mass is 471 g/mol. The van der Waals surface area contributed by atoms with Crippen molar-refractivity contribution in [3.05, 3.63) is 56.1 Å². The van der Waals surface area contributed by atoms with Crippen molar-refractivity contribution >= 4 is 40.2 Å². The van der Waals surface area contributed by atoms with Crippen LogP contribution in [0, 0.1) is 20.2 Å². The Balaban J connectivity index is 1.87. The number of nitro benzene ring substituents is 2. The molecule has 13 heteroatoms. The Hall–Kier alpha value is -4.42. The predicted octanol–water partition coefficient (Wildman–Crippen LogP) is 4.36. The molecule has 2 aromatic rings. The van der Waals surface area contributed by atoms with Crippen molar-refractivity contribution in [1.82, 2.24) is 0 Å². The molecule has 2 aromatic carbocycles. The molecule has 0 atom stereocenters. The molecule has 34 heavy (non-hydrogen) atoms. The second-order valence-electron chi connectivity index (χ2n) is 7.38. The van der Waals surface area contributed by atoms with E-state index in [1.807, 2.05) is 6.92 Å². The first-order chi connectivity index (χ1) is 16.2. The highest BCUT2D eigenvalue weighted by molar-refractivity contribution is 6.04. The second kappa shape index (κ2) is 10.5. The summed E-state index contributed by atoms with van der Waals surface area (Å²) < 4.78 is 5.06. The number of nitrogens with zero attached hydrogens (tertiary/aromatic N) is 5. The van der Waals surface area contributed by atoms with Gasteiger partial charge in [-0.1, -0.05) is 6.92 Å². The Morgan fingerprint density at radius 3 is 2.56 bits per heavy atom. The van der Waals surface area contributed by atoms with Crippen LogP contribution in [-0.4, -0.2) is 46.4 Å². The van der Waals surface area contributed by atoms with Crippen LogP contribution >= 0.6 is 0 Å². The Morgan fingerprint density at radius 1 is 1.15 bits per heavy atom. The predicted molar refractivity (Wildman–Crippen MR) is 119 cm³/mol. The molecular formula is C21H21N5O8. The zero-order valence-corrected chi connectivity index (χ0v) is 18.2. The smallest absolute Gasteiger partial charge is 0.307 e. The van der Waals surface area contributed by atoms with Crippen molar-refractivity contribution in [2.75, 3.05) is 24.6 Å². The minimum atomic E-state index is -0.832. The van der Waals surface area contributed by atoms with Crippen LogP contribution in [0.15, 0.2) is 40.6 Å². The lowest BCUT2D eigenvalue weighted by Crippen LogP contribution is -2.34. The van der Waals surface area contributed by atoms with Gasteiger partial charge in [0.15, 0.2) is 11.5 Å². The van der Waals surface area contributed by atoms with E-state index in [0.29, 0.717) is 25.3 Å². The fourth-order valence-corrected chi connectivity index (χ4v) is 3.33. The molecular weight excluding hydrogens is 450 g/mol. The number of Topliss-reactive ketones (excluding diaryl/α,β-unsaturated/α-hetero) is 1. The van der Waals surface area contributed by atoms with Crippen molar-refractivity contribution in [2.24, 2.45) is 10.2 Å². The van der Waals surface area contributed by atoms with Crippen LogP contribution in [0.2, 0.25) is 0 Å². The lowest BCUT2D eigenvalue weighted by molar-refractivity contribution is -0.393. The normalized spacial score (nSPS) is 13.1. The van der Waals surface area contributed by atoms with E-state index in [4.69, 9.17) is 4.74 Å². The third kappa shape index (κ3) is 5.49. The summed E-state index contributed by atoms with van der Waals surface area (Å²) in [6.07, 6.45) is 1.01. The molecule has 0 bridgehead atoms. The number of fused-ring (bicyclic) bond motifs is 1. The summed E-state index contributed by atoms with van der Waals surface area (Å²) in [5, 5.41) is 40.1. The van der Waals surface area contributed by atoms with Gasteiger partial charge in [0.1, 0.15) is 11.4 Å². The quantitative estimate of drug-likeness (QED) is 0.241. The molecule has 13 nitrogen and oxygen atoms in total. The van der Waals surface area contributed by atoms with Gasteiger partial charge in [0.2, 0.25) is 0 Å². The number of anilines is 1. The molecule has 1 aliphatic heterocycles. The van der Waals surface area contributed by atoms with Crippen molar-refractivity contribution in [3.63, 3.8) is 0 Å². The number of aromatic hydroxyl groups is 1. The highest BCUT2D eigenvalue weighted by Gasteiger charge is 2.26. The van der Waals surface area contributed by atoms with Gasteiger partial charge in [-0.25, -0.2) is 0 Å². The van der Waals surface area contributed by atoms with E-state index < -0.39 is 21.2 Å². The van der Waals surface area contributed by atoms with Crippen molar-refractivity contribution in [3.8, 4) is 5.75 Å². The number of ketones is 1. The van der Waals surface area contributed by atoms with Gasteiger partial charge in [-0.15, -0.1) is 10.2 Å². The first kappa shape index (κ1) is 24.2. The average molecular weight is 471 g/mol. The molecule has 1 N–H and O–H groups in total. The first-order valence-corrected chi connectivity index (χ1v) is 10.4. The molecule has 0 saturated heterocycles. The summed E-state index contributed by atoms with van der Waals surface area (Å²) in [4.78, 5) is 46.6. The van der Waals surface area contributed by atoms with Gasteiger partial charge < -0.3 is 14.7 Å². The number of benzene rings is 2. The molecule has 0 amide bonds. The topological polar surface area (TPSA) is 178 Å². The summed E-state index contributed by atoms with van der Waals surface area (Å²) in [6.45, 7) is 2.87. The highest BCUT2D eigenvalue weighted by atomic mass is 16.6. The molecule has 3 rings (SSSR count). The second-order valence-corrected chi connectivity index (χ2v) is 7.38. The first-order valence-electron chi connectivity index (χ1n) is 10.4. The molecule has 0 radical (unpaired) electrons. The molecule has 0 unspecified atom stereocenters. The number of carbonyl (C=O) groups excluding carboxylic acids is 2. The van der Waals surface area contributed by atoms with Crippen LogP contribution in [0.4, 0.5) is 28.4 Å². The van der Waals surface area contributed by atoms with Crippen LogP contribution < -0.4 is 4.90 Å². The standard InChI is InChI=1S/C21H21N5O8/c1-2-9-34-21(29)6-8-24-7-5-19(27)14-11-16(20(28)12-17(14)24)23-22-15-4-3-13(25(30)31)10-18(15)26(32)33/h3-4,10-12,28H,2,5-9H2,1H3. The van der Waals surface area contributed by atoms with Crippen molar-refractivity contribution in [1.29, 1.82) is 0 Å². The average Bonchev–Trinajstić information content (AvgIpc) is 2.81. The molecule has 0 fully saturated rings. The number of azo groups is 1. The summed E-state index contributed by atoms with van der Waals surface area (Å²) in [6, 6.07) is 5.51. The largest absolute Gasteiger partial charge is 0.506 e. The summed E-state index contributed by atoms with van der Waals surface area (Å²) in [7, 11) is 0. The molecule has 0 spiro atoms. The van der Waals surface area contributed by atoms with E-state index in [9.17, 15) is 34.9 Å². The third-order valence-corrected chi connectivity index (χ3v) is 5.03. The van der Waals surface area contributed by atoms with Gasteiger partial charge in [0.25, 0.3) is 5.69 Å². The van der Waals surface area contributed by atoms with E-state index in [0.717, 1.165) is 18.2 Å². The molecule has 0 aromatic heterocycles. The number of ether oxygens (including phenoxy) is 1. The Labute approximate surface area is 193 Å². The maximum Gasteiger partial charge on any atom is 0.307 e. The highest BCUT2D eigenvalue weighted by Crippen LogP contribution is 2.39. The summed E-state index contributed by atoms with van der Waals surface area (Å²) in [5.41, 5.74) is -0.787. The molecule has 0 aliphatic carbocycles. The minimum Gasteiger partial charge on any atom is -0.506 e. The maximum absolute atomic E-state index is 12.5. The van der Waals surface area contributed by atoms with E-state index in [2.05, 4.69) is 10.2 Å². The summed E-state index contributed by atoms with van der Waals surface area (Å²) in [5.74, 6) is -0.891. The number of rotatable bonds is 9. The number of carbonyl (C=O) groups is 2. The van der Waals surface area contributed by atoms with Crippen LogP contribution in [0.5, 0.6) is 5.75 Å². The molecule has 0 saturated carbocycles. The number of non-ortho nitro benzene ring substituents is 1. The van der Waals surface area contributed by atoms with Gasteiger partial charge >= 0.3 is 11.7 Å². The van der Waals surface area contributed by atoms with Crippen molar-refractivity contribution < 1.29 is 29.3 Å². The van der Waals surface area contributed by atoms with E-state index in [1.54, 1.807) is 4.90 Å². The van der Waals surface area contributed by atoms with E-state index in [-0.39, 0.29) is 53.8 Å². The third-order valence-electron chi connectivity index (χ3n) is 5.03. The van der Waals surface area contributed by atoms with Gasteiger partial charge in [-0.2, -0.15) is 0 Å². The fourth-order valence-electron chi connectivity index (χ4n) is 3.33.